The molecule has 2 aliphatic heterocycles. The van der Waals surface area contributed by atoms with E-state index < -0.39 is 0 Å². The zero-order valence-electron chi connectivity index (χ0n) is 7.62. The van der Waals surface area contributed by atoms with Gasteiger partial charge < -0.3 is 10.2 Å². The molecule has 0 spiro atoms. The lowest BCUT2D eigenvalue weighted by atomic mass is 10.0. The maximum Gasteiger partial charge on any atom is 0.326 e. The van der Waals surface area contributed by atoms with Gasteiger partial charge in [-0.1, -0.05) is 0 Å². The highest BCUT2D eigenvalue weighted by Crippen LogP contribution is 2.12. The van der Waals surface area contributed by atoms with E-state index in [1.165, 1.54) is 9.80 Å². The van der Waals surface area contributed by atoms with Crippen molar-refractivity contribution in [2.75, 3.05) is 33.2 Å². The number of hydrogen-bond acceptors (Lipinski definition) is 3. The zero-order chi connectivity index (χ0) is 9.42. The van der Waals surface area contributed by atoms with Crippen LogP contribution in [0.1, 0.15) is 0 Å². The van der Waals surface area contributed by atoms with Gasteiger partial charge in [0.05, 0.1) is 0 Å². The van der Waals surface area contributed by atoms with E-state index in [0.29, 0.717) is 12.5 Å². The molecule has 5 heteroatoms. The molecule has 0 aromatic heterocycles. The summed E-state index contributed by atoms with van der Waals surface area (Å²) >= 11 is 0. The Morgan fingerprint density at radius 1 is 1.46 bits per heavy atom. The molecule has 3 amide bonds. The van der Waals surface area contributed by atoms with Gasteiger partial charge in [-0.15, -0.1) is 0 Å². The predicted octanol–water partition coefficient (Wildman–Crippen LogP) is -0.900. The second-order valence-electron chi connectivity index (χ2n) is 3.67. The molecule has 0 radical (unpaired) electrons. The topological polar surface area (TPSA) is 52.7 Å². The molecule has 2 fully saturated rings. The summed E-state index contributed by atoms with van der Waals surface area (Å²) in [6, 6.07) is -0.156. The third-order valence-electron chi connectivity index (χ3n) is 2.54. The molecule has 2 rings (SSSR count). The van der Waals surface area contributed by atoms with Crippen LogP contribution in [0.5, 0.6) is 0 Å². The standard InChI is InChI=1S/C8H13N3O2/c1-10-5-7(12)11(8(10)13)4-6-2-9-3-6/h6,9H,2-5H2,1H3. The van der Waals surface area contributed by atoms with Gasteiger partial charge in [-0.25, -0.2) is 4.79 Å². The highest BCUT2D eigenvalue weighted by atomic mass is 16.2. The molecule has 0 aromatic carbocycles. The van der Waals surface area contributed by atoms with E-state index in [2.05, 4.69) is 5.32 Å². The number of amides is 3. The first kappa shape index (κ1) is 8.50. The van der Waals surface area contributed by atoms with Gasteiger partial charge in [0.2, 0.25) is 5.91 Å². The maximum absolute atomic E-state index is 11.4. The van der Waals surface area contributed by atoms with Gasteiger partial charge in [0.1, 0.15) is 6.54 Å². The Bertz CT molecular complexity index is 250. The van der Waals surface area contributed by atoms with Gasteiger partial charge in [0, 0.05) is 32.6 Å². The van der Waals surface area contributed by atoms with Gasteiger partial charge in [-0.2, -0.15) is 0 Å². The van der Waals surface area contributed by atoms with Gasteiger partial charge in [0.15, 0.2) is 0 Å². The molecule has 2 saturated heterocycles. The molecule has 72 valence electrons. The second kappa shape index (κ2) is 2.99. The summed E-state index contributed by atoms with van der Waals surface area (Å²) in [6.07, 6.45) is 0. The van der Waals surface area contributed by atoms with Gasteiger partial charge in [-0.05, 0) is 0 Å². The first-order valence-corrected chi connectivity index (χ1v) is 4.44. The van der Waals surface area contributed by atoms with Crippen molar-refractivity contribution in [3.63, 3.8) is 0 Å². The van der Waals surface area contributed by atoms with Crippen LogP contribution in [0.25, 0.3) is 0 Å². The average Bonchev–Trinajstić information content (AvgIpc) is 2.21. The van der Waals surface area contributed by atoms with Crippen LogP contribution >= 0.6 is 0 Å². The van der Waals surface area contributed by atoms with E-state index in [0.717, 1.165) is 13.1 Å². The lowest BCUT2D eigenvalue weighted by molar-refractivity contribution is -0.125. The number of nitrogens with one attached hydrogen (secondary N) is 1. The number of carbonyl (C=O) groups is 2. The SMILES string of the molecule is CN1CC(=O)N(CC2CNC2)C1=O. The number of carbonyl (C=O) groups excluding carboxylic acids is 2. The van der Waals surface area contributed by atoms with Crippen LogP contribution in [0.2, 0.25) is 0 Å². The van der Waals surface area contributed by atoms with Crippen LogP contribution < -0.4 is 5.32 Å². The number of hydrogen-bond donors (Lipinski definition) is 1. The van der Waals surface area contributed by atoms with Gasteiger partial charge >= 0.3 is 6.03 Å². The molecule has 0 bridgehead atoms. The summed E-state index contributed by atoms with van der Waals surface area (Å²) in [5, 5.41) is 3.11. The monoisotopic (exact) mass is 183 g/mol. The zero-order valence-corrected chi connectivity index (χ0v) is 7.62. The fourth-order valence-electron chi connectivity index (χ4n) is 1.58. The normalized spacial score (nSPS) is 24.1. The molecule has 0 aliphatic carbocycles. The van der Waals surface area contributed by atoms with Crippen molar-refractivity contribution >= 4 is 11.9 Å². The van der Waals surface area contributed by atoms with Crippen LogP contribution in [0.3, 0.4) is 0 Å². The third kappa shape index (κ3) is 1.39. The highest BCUT2D eigenvalue weighted by molar-refractivity contribution is 6.01. The molecule has 2 aliphatic rings. The van der Waals surface area contributed by atoms with Crippen molar-refractivity contribution in [2.45, 2.75) is 0 Å². The summed E-state index contributed by atoms with van der Waals surface area (Å²) in [7, 11) is 1.65. The van der Waals surface area contributed by atoms with Crippen molar-refractivity contribution in [3.8, 4) is 0 Å². The fourth-order valence-corrected chi connectivity index (χ4v) is 1.58. The Morgan fingerprint density at radius 3 is 2.54 bits per heavy atom. The Kier molecular flexibility index (Phi) is 1.95. The smallest absolute Gasteiger partial charge is 0.318 e. The minimum Gasteiger partial charge on any atom is -0.318 e. The predicted molar refractivity (Wildman–Crippen MR) is 46.1 cm³/mol. The summed E-state index contributed by atoms with van der Waals surface area (Å²) in [5.41, 5.74) is 0. The summed E-state index contributed by atoms with van der Waals surface area (Å²) in [6.45, 7) is 2.65. The third-order valence-corrected chi connectivity index (χ3v) is 2.54. The van der Waals surface area contributed by atoms with Crippen LogP contribution in [0, 0.1) is 5.92 Å². The van der Waals surface area contributed by atoms with Crippen molar-refractivity contribution in [2.24, 2.45) is 5.92 Å². The van der Waals surface area contributed by atoms with E-state index in [9.17, 15) is 9.59 Å². The Labute approximate surface area is 76.7 Å². The number of rotatable bonds is 2. The molecule has 1 N–H and O–H groups in total. The van der Waals surface area contributed by atoms with Crippen molar-refractivity contribution in [1.29, 1.82) is 0 Å². The second-order valence-corrected chi connectivity index (χ2v) is 3.67. The molecular weight excluding hydrogens is 170 g/mol. The van der Waals surface area contributed by atoms with Crippen LogP contribution in [0.4, 0.5) is 4.79 Å². The number of imide groups is 1. The molecule has 0 unspecified atom stereocenters. The fraction of sp³-hybridized carbons (Fsp3) is 0.750. The Hall–Kier alpha value is -1.10. The first-order valence-electron chi connectivity index (χ1n) is 4.44. The summed E-state index contributed by atoms with van der Waals surface area (Å²) in [5.74, 6) is 0.388. The minimum atomic E-state index is -0.156. The molecule has 0 saturated carbocycles. The van der Waals surface area contributed by atoms with E-state index in [-0.39, 0.29) is 18.5 Å². The van der Waals surface area contributed by atoms with Gasteiger partial charge in [-0.3, -0.25) is 9.69 Å². The highest BCUT2D eigenvalue weighted by Gasteiger charge is 2.35. The van der Waals surface area contributed by atoms with E-state index >= 15 is 0 Å². The van der Waals surface area contributed by atoms with Crippen LogP contribution in [-0.2, 0) is 4.79 Å². The van der Waals surface area contributed by atoms with Gasteiger partial charge in [0.25, 0.3) is 0 Å². The van der Waals surface area contributed by atoms with Crippen LogP contribution in [0.15, 0.2) is 0 Å². The van der Waals surface area contributed by atoms with E-state index in [4.69, 9.17) is 0 Å². The van der Waals surface area contributed by atoms with Crippen LogP contribution in [-0.4, -0.2) is 55.0 Å². The van der Waals surface area contributed by atoms with Crippen molar-refractivity contribution < 1.29 is 9.59 Å². The molecule has 13 heavy (non-hydrogen) atoms. The molecule has 5 nitrogen and oxygen atoms in total. The Morgan fingerprint density at radius 2 is 2.15 bits per heavy atom. The van der Waals surface area contributed by atoms with Crippen molar-refractivity contribution in [3.05, 3.63) is 0 Å². The minimum absolute atomic E-state index is 0.0700. The molecular formula is C8H13N3O2. The molecule has 2 heterocycles. The number of likely N-dealkylation sites (N-methyl/N-ethyl adjacent to an activating group) is 1. The average molecular weight is 183 g/mol. The molecule has 0 aromatic rings. The lowest BCUT2D eigenvalue weighted by Gasteiger charge is -2.29. The Balaban J connectivity index is 1.96. The maximum atomic E-state index is 11.4. The van der Waals surface area contributed by atoms with E-state index in [1.807, 2.05) is 0 Å². The number of nitrogens with zero attached hydrogens (tertiary/aromatic N) is 2. The largest absolute Gasteiger partial charge is 0.326 e. The summed E-state index contributed by atoms with van der Waals surface area (Å²) < 4.78 is 0. The number of urea groups is 1. The van der Waals surface area contributed by atoms with Crippen molar-refractivity contribution in [1.82, 2.24) is 15.1 Å². The summed E-state index contributed by atoms with van der Waals surface area (Å²) in [4.78, 5) is 25.5. The quantitative estimate of drug-likeness (QED) is 0.564. The molecule has 0 atom stereocenters. The van der Waals surface area contributed by atoms with E-state index in [1.54, 1.807) is 7.05 Å². The first-order chi connectivity index (χ1) is 6.18. The lowest BCUT2D eigenvalue weighted by Crippen LogP contribution is -2.49.